The number of ether oxygens (including phenoxy) is 3. The maximum atomic E-state index is 14.9. The number of anilines is 2. The number of hydrogen-bond donors (Lipinski definition) is 6. The Morgan fingerprint density at radius 1 is 0.826 bits per heavy atom. The number of aliphatic hydroxyl groups is 1. The number of imide groups is 1. The van der Waals surface area contributed by atoms with E-state index in [2.05, 4.69) is 46.2 Å². The molecule has 5 aromatic rings. The summed E-state index contributed by atoms with van der Waals surface area (Å²) in [5.41, 5.74) is 0.507. The summed E-state index contributed by atoms with van der Waals surface area (Å²) in [5, 5.41) is 21.6. The minimum Gasteiger partial charge on any atom is -0.445 e. The highest BCUT2D eigenvalue weighted by Crippen LogP contribution is 2.44. The number of halogens is 1. The number of benzene rings is 1. The number of nitrogens with zero attached hydrogens (tertiary/aromatic N) is 8. The first-order chi connectivity index (χ1) is 41.2. The highest BCUT2D eigenvalue weighted by molar-refractivity contribution is 7.33. The SMILES string of the molecule is CC(C)[C@H](NC(=O)CCCCCN1C(=O)C=CC1=O)C(=O)N[C@@H](C)C(=O)Nc1ccc(COC(=O)N(C)CCCC(=O)Nc2ncnc3c2ncn3[C@H]2C[C@@H]3O[P+](=O)OC[C@H]4O[C@@H](n5cc(F)c6c(=O)[nH]cnc65)[C@H](O[P+](=O)OC[C@H]3O2)[C@@H]4O)cc1. The van der Waals surface area contributed by atoms with Gasteiger partial charge in [0.25, 0.3) is 17.4 Å². The molecule has 1 aromatic carbocycles. The lowest BCUT2D eigenvalue weighted by Gasteiger charge is -2.24. The van der Waals surface area contributed by atoms with Crippen molar-refractivity contribution >= 4 is 91.7 Å². The molecule has 11 atom stereocenters. The molecule has 4 aliphatic heterocycles. The van der Waals surface area contributed by atoms with Crippen LogP contribution in [0.15, 0.2) is 66.4 Å². The van der Waals surface area contributed by atoms with E-state index in [-0.39, 0.29) is 91.6 Å². The molecule has 8 heterocycles. The number of amides is 7. The highest BCUT2D eigenvalue weighted by Gasteiger charge is 2.54. The Balaban J connectivity index is 0.691. The van der Waals surface area contributed by atoms with E-state index in [0.717, 1.165) is 22.0 Å². The predicted molar refractivity (Wildman–Crippen MR) is 295 cm³/mol. The second-order valence-electron chi connectivity index (χ2n) is 20.8. The Kier molecular flexibility index (Phi) is 20.4. The van der Waals surface area contributed by atoms with Crippen LogP contribution in [0.4, 0.5) is 20.7 Å². The molecule has 0 aliphatic carbocycles. The number of imidazole rings is 1. The minimum absolute atomic E-state index is 0.0246. The van der Waals surface area contributed by atoms with E-state index >= 15 is 0 Å². The van der Waals surface area contributed by atoms with E-state index in [1.54, 1.807) is 38.1 Å². The van der Waals surface area contributed by atoms with Gasteiger partial charge in [-0.2, -0.15) is 0 Å². The quantitative estimate of drug-likeness (QED) is 0.0348. The molecule has 0 spiro atoms. The number of aromatic amines is 1. The lowest BCUT2D eigenvalue weighted by molar-refractivity contribution is -0.137. The summed E-state index contributed by atoms with van der Waals surface area (Å²) in [5.74, 6) is -3.72. The Labute approximate surface area is 489 Å². The molecule has 9 rings (SSSR count). The molecule has 2 unspecified atom stereocenters. The summed E-state index contributed by atoms with van der Waals surface area (Å²) in [6.07, 6.45) is -0.307. The fourth-order valence-corrected chi connectivity index (χ4v) is 11.3. The largest absolute Gasteiger partial charge is 0.698 e. The van der Waals surface area contributed by atoms with E-state index in [9.17, 15) is 57.0 Å². The zero-order valence-corrected chi connectivity index (χ0v) is 48.6. The fraction of sp³-hybridized carbons (Fsp3) is 0.500. The number of hydrogen-bond acceptors (Lipinski definition) is 22. The number of aliphatic hydroxyl groups excluding tert-OH is 1. The van der Waals surface area contributed by atoms with E-state index < -0.39 is 125 Å². The lowest BCUT2D eigenvalue weighted by atomic mass is 10.0. The Morgan fingerprint density at radius 3 is 2.29 bits per heavy atom. The monoisotopic (exact) mass is 1240 g/mol. The molecule has 3 saturated heterocycles. The number of carbonyl (C=O) groups is 7. The Morgan fingerprint density at radius 2 is 1.55 bits per heavy atom. The van der Waals surface area contributed by atoms with Gasteiger partial charge >= 0.3 is 22.6 Å². The molecule has 4 aromatic heterocycles. The molecular formula is C52H62FN13O18P2+2. The predicted octanol–water partition coefficient (Wildman–Crippen LogP) is 3.44. The number of unbranched alkanes of at least 4 members (excludes halogenated alkanes) is 2. The molecule has 4 aliphatic rings. The van der Waals surface area contributed by atoms with Crippen LogP contribution < -0.4 is 26.8 Å². The molecular weight excluding hydrogens is 1180 g/mol. The lowest BCUT2D eigenvalue weighted by Crippen LogP contribution is -2.53. The fourth-order valence-electron chi connectivity index (χ4n) is 9.75. The topological polar surface area (TPSA) is 387 Å². The smallest absolute Gasteiger partial charge is 0.445 e. The summed E-state index contributed by atoms with van der Waals surface area (Å²) >= 11 is 0. The van der Waals surface area contributed by atoms with Crippen molar-refractivity contribution in [2.45, 2.75) is 127 Å². The van der Waals surface area contributed by atoms with Crippen molar-refractivity contribution in [1.29, 1.82) is 0 Å². The van der Waals surface area contributed by atoms with E-state index in [0.29, 0.717) is 30.5 Å². The van der Waals surface area contributed by atoms with Crippen LogP contribution in [0.2, 0.25) is 0 Å². The standard InChI is InChI=1S/C52H60FN13O18P2/c1-27(2)41(61-35(67)9-6-5-7-18-64-37(69)15-16-38(64)70)50(74)59-28(3)48(72)60-30-13-11-29(12-14-30)21-78-52(75)63(4)17-8-10-36(68)62-45-42-47(56-24-54-45)66(26-58-42)39-19-32-33(81-39)22-79-86(77)84-44-43(71)34(23-80-85(76)83-32)82-51(44)65-20-31(53)40-46(65)55-25-57-49(40)73/h11-16,20,24-28,32-34,39,41,43-44,51,71H,5-10,17-19,21-23H2,1-4H3,(H3-2,54,55,56,57,59,60,61,62,67,68,72,73,74)/p+2/t28-,32-,33+,34+,39+,41-,43+,44+,51+/m0/s1. The van der Waals surface area contributed by atoms with Gasteiger partial charge in [-0.25, -0.2) is 29.1 Å². The van der Waals surface area contributed by atoms with Gasteiger partial charge in [0.1, 0.15) is 74.3 Å². The van der Waals surface area contributed by atoms with Gasteiger partial charge in [0.05, 0.1) is 12.7 Å². The van der Waals surface area contributed by atoms with Crippen LogP contribution in [0, 0.1) is 11.7 Å². The Hall–Kier alpha value is -7.93. The molecule has 7 amide bonds. The van der Waals surface area contributed by atoms with Gasteiger partial charge in [-0.3, -0.25) is 47.6 Å². The molecule has 0 radical (unpaired) electrons. The van der Waals surface area contributed by atoms with E-state index in [1.165, 1.54) is 48.2 Å². The van der Waals surface area contributed by atoms with Crippen LogP contribution in [-0.2, 0) is 76.8 Å². The zero-order valence-electron chi connectivity index (χ0n) is 46.8. The van der Waals surface area contributed by atoms with Crippen molar-refractivity contribution < 1.29 is 84.5 Å². The van der Waals surface area contributed by atoms with Crippen molar-refractivity contribution in [2.75, 3.05) is 44.0 Å². The number of nitrogens with one attached hydrogen (secondary N) is 5. The van der Waals surface area contributed by atoms with Gasteiger partial charge in [-0.05, 0) is 49.8 Å². The summed E-state index contributed by atoms with van der Waals surface area (Å²) in [4.78, 5) is 122. The van der Waals surface area contributed by atoms with E-state index in [1.807, 2.05) is 0 Å². The summed E-state index contributed by atoms with van der Waals surface area (Å²) < 4.78 is 84.0. The summed E-state index contributed by atoms with van der Waals surface area (Å²) in [7, 11) is -4.44. The molecule has 31 nitrogen and oxygen atoms in total. The number of H-pyrrole nitrogens is 1. The number of fused-ring (bicyclic) bond motifs is 5. The van der Waals surface area contributed by atoms with Crippen molar-refractivity contribution in [1.82, 2.24) is 54.5 Å². The second-order valence-corrected chi connectivity index (χ2v) is 22.7. The highest BCUT2D eigenvalue weighted by atomic mass is 31.1. The molecule has 2 bridgehead atoms. The third kappa shape index (κ3) is 15.0. The third-order valence-electron chi connectivity index (χ3n) is 14.4. The van der Waals surface area contributed by atoms with Gasteiger partial charge in [0, 0.05) is 72.6 Å². The molecule has 34 heteroatoms. The zero-order chi connectivity index (χ0) is 61.3. The van der Waals surface area contributed by atoms with Crippen LogP contribution in [0.3, 0.4) is 0 Å². The molecule has 3 fully saturated rings. The van der Waals surface area contributed by atoms with Crippen molar-refractivity contribution in [3.05, 3.63) is 83.3 Å². The van der Waals surface area contributed by atoms with Crippen molar-refractivity contribution in [3.8, 4) is 0 Å². The number of aromatic nitrogens is 7. The average Bonchev–Trinajstić information content (AvgIpc) is 1.73. The van der Waals surface area contributed by atoms with Gasteiger partial charge in [-0.15, -0.1) is 18.1 Å². The van der Waals surface area contributed by atoms with Crippen LogP contribution >= 0.6 is 16.5 Å². The van der Waals surface area contributed by atoms with Crippen LogP contribution in [0.25, 0.3) is 22.2 Å². The van der Waals surface area contributed by atoms with Crippen molar-refractivity contribution in [2.24, 2.45) is 5.92 Å². The average molecular weight is 1240 g/mol. The van der Waals surface area contributed by atoms with Crippen LogP contribution in [0.1, 0.15) is 83.7 Å². The molecule has 0 saturated carbocycles. The first-order valence-corrected chi connectivity index (χ1v) is 29.6. The maximum absolute atomic E-state index is 14.9. The first-order valence-electron chi connectivity index (χ1n) is 27.4. The van der Waals surface area contributed by atoms with Gasteiger partial charge in [0.2, 0.25) is 23.6 Å². The van der Waals surface area contributed by atoms with E-state index in [4.69, 9.17) is 32.3 Å². The maximum Gasteiger partial charge on any atom is 0.698 e. The van der Waals surface area contributed by atoms with Crippen molar-refractivity contribution in [3.63, 3.8) is 0 Å². The van der Waals surface area contributed by atoms with Crippen LogP contribution in [0.5, 0.6) is 0 Å². The molecule has 458 valence electrons. The molecule has 86 heavy (non-hydrogen) atoms. The van der Waals surface area contributed by atoms with Gasteiger partial charge in [0.15, 0.2) is 40.8 Å². The number of rotatable bonds is 21. The molecule has 6 N–H and O–H groups in total. The number of carbonyl (C=O) groups excluding carboxylic acids is 7. The third-order valence-corrected chi connectivity index (χ3v) is 16.0. The van der Waals surface area contributed by atoms with Crippen LogP contribution in [-0.4, -0.2) is 166 Å². The normalized spacial score (nSPS) is 23.1. The second kappa shape index (κ2) is 28.1. The summed E-state index contributed by atoms with van der Waals surface area (Å²) in [6.45, 7) is 4.37. The Bertz CT molecular complexity index is 3470. The first kappa shape index (κ1) is 62.6. The summed E-state index contributed by atoms with van der Waals surface area (Å²) in [6, 6.07) is 4.62. The minimum atomic E-state index is -3.04. The van der Waals surface area contributed by atoms with Gasteiger partial charge < -0.3 is 50.5 Å². The van der Waals surface area contributed by atoms with Gasteiger partial charge in [-0.1, -0.05) is 32.4 Å².